The van der Waals surface area contributed by atoms with E-state index in [0.29, 0.717) is 27.3 Å². The zero-order valence-corrected chi connectivity index (χ0v) is 13.6. The molecule has 3 heterocycles. The van der Waals surface area contributed by atoms with E-state index in [1.54, 1.807) is 41.0 Å². The lowest BCUT2D eigenvalue weighted by atomic mass is 10.1. The molecule has 0 saturated heterocycles. The van der Waals surface area contributed by atoms with Crippen molar-refractivity contribution in [3.05, 3.63) is 76.2 Å². The maximum absolute atomic E-state index is 12.6. The minimum atomic E-state index is -0.999. The molecule has 0 aliphatic heterocycles. The predicted octanol–water partition coefficient (Wildman–Crippen LogP) is 3.39. The van der Waals surface area contributed by atoms with E-state index in [-0.39, 0.29) is 11.3 Å². The molecule has 1 aromatic carbocycles. The number of thiophene rings is 1. The number of nitrogens with zero attached hydrogens (tertiary/aromatic N) is 3. The molecule has 7 heteroatoms. The summed E-state index contributed by atoms with van der Waals surface area (Å²) in [5.41, 5.74) is 2.39. The van der Waals surface area contributed by atoms with Gasteiger partial charge in [-0.15, -0.1) is 11.3 Å². The summed E-state index contributed by atoms with van der Waals surface area (Å²) in [5.74, 6) is -1.13. The van der Waals surface area contributed by atoms with Gasteiger partial charge in [0.1, 0.15) is 0 Å². The van der Waals surface area contributed by atoms with E-state index >= 15 is 0 Å². The monoisotopic (exact) mass is 349 g/mol. The highest BCUT2D eigenvalue weighted by Crippen LogP contribution is 2.24. The van der Waals surface area contributed by atoms with Crippen molar-refractivity contribution in [2.75, 3.05) is 0 Å². The van der Waals surface area contributed by atoms with Crippen molar-refractivity contribution < 1.29 is 14.7 Å². The van der Waals surface area contributed by atoms with Gasteiger partial charge in [0.25, 0.3) is 0 Å². The van der Waals surface area contributed by atoms with Crippen molar-refractivity contribution in [2.45, 2.75) is 0 Å². The number of hydrogen-bond acceptors (Lipinski definition) is 5. The number of aromatic nitrogens is 3. The van der Waals surface area contributed by atoms with Crippen molar-refractivity contribution in [2.24, 2.45) is 0 Å². The van der Waals surface area contributed by atoms with Crippen LogP contribution in [0.4, 0.5) is 0 Å². The van der Waals surface area contributed by atoms with Crippen molar-refractivity contribution in [3.63, 3.8) is 0 Å². The molecule has 3 aromatic heterocycles. The van der Waals surface area contributed by atoms with Crippen LogP contribution in [-0.4, -0.2) is 31.5 Å². The van der Waals surface area contributed by atoms with Crippen LogP contribution in [0.15, 0.2) is 60.2 Å². The molecule has 0 aliphatic carbocycles. The first-order valence-corrected chi connectivity index (χ1v) is 8.28. The molecule has 6 nitrogen and oxygen atoms in total. The summed E-state index contributed by atoms with van der Waals surface area (Å²) < 4.78 is 1.56. The zero-order valence-electron chi connectivity index (χ0n) is 12.8. The molecule has 0 spiro atoms. The summed E-state index contributed by atoms with van der Waals surface area (Å²) >= 11 is 1.36. The van der Waals surface area contributed by atoms with Gasteiger partial charge in [0.05, 0.1) is 27.9 Å². The lowest BCUT2D eigenvalue weighted by Crippen LogP contribution is -2.01. The van der Waals surface area contributed by atoms with E-state index in [1.165, 1.54) is 23.6 Å². The number of hydrogen-bond donors (Lipinski definition) is 1. The fourth-order valence-corrected chi connectivity index (χ4v) is 3.30. The van der Waals surface area contributed by atoms with Crippen LogP contribution in [0.1, 0.15) is 25.6 Å². The second kappa shape index (κ2) is 5.95. The van der Waals surface area contributed by atoms with Gasteiger partial charge in [-0.25, -0.2) is 14.3 Å². The highest BCUT2D eigenvalue weighted by atomic mass is 32.1. The largest absolute Gasteiger partial charge is 0.478 e. The van der Waals surface area contributed by atoms with Crippen LogP contribution in [0.2, 0.25) is 0 Å². The standard InChI is InChI=1S/C18H11N3O3S/c22-16(15-5-2-8-25-15)13-10-20-21-14(6-7-19-17(13)21)11-3-1-4-12(9-11)18(23)24/h1-10H,(H,23,24). The molecule has 0 atom stereocenters. The van der Waals surface area contributed by atoms with Gasteiger partial charge in [0.2, 0.25) is 5.78 Å². The van der Waals surface area contributed by atoms with Gasteiger partial charge < -0.3 is 5.11 Å². The van der Waals surface area contributed by atoms with Crippen LogP contribution in [0.25, 0.3) is 16.9 Å². The Morgan fingerprint density at radius 3 is 2.76 bits per heavy atom. The summed E-state index contributed by atoms with van der Waals surface area (Å²) in [4.78, 5) is 28.7. The lowest BCUT2D eigenvalue weighted by Gasteiger charge is -2.06. The third-order valence-corrected chi connectivity index (χ3v) is 4.66. The summed E-state index contributed by atoms with van der Waals surface area (Å²) in [6.45, 7) is 0. The number of ketones is 1. The van der Waals surface area contributed by atoms with Crippen LogP contribution < -0.4 is 0 Å². The number of carboxylic acids is 1. The molecule has 0 fully saturated rings. The number of benzene rings is 1. The second-order valence-corrected chi connectivity index (χ2v) is 6.26. The Morgan fingerprint density at radius 2 is 2.00 bits per heavy atom. The van der Waals surface area contributed by atoms with Gasteiger partial charge in [-0.3, -0.25) is 4.79 Å². The Kier molecular flexibility index (Phi) is 3.62. The highest BCUT2D eigenvalue weighted by molar-refractivity contribution is 7.12. The van der Waals surface area contributed by atoms with Gasteiger partial charge >= 0.3 is 5.97 Å². The molecule has 1 N–H and O–H groups in total. The van der Waals surface area contributed by atoms with Gasteiger partial charge in [-0.1, -0.05) is 18.2 Å². The highest BCUT2D eigenvalue weighted by Gasteiger charge is 2.18. The summed E-state index contributed by atoms with van der Waals surface area (Å²) in [7, 11) is 0. The van der Waals surface area contributed by atoms with E-state index in [4.69, 9.17) is 0 Å². The molecular formula is C18H11N3O3S. The van der Waals surface area contributed by atoms with Crippen LogP contribution >= 0.6 is 11.3 Å². The fourth-order valence-electron chi connectivity index (χ4n) is 2.62. The van der Waals surface area contributed by atoms with Crippen LogP contribution in [-0.2, 0) is 0 Å². The Balaban J connectivity index is 1.86. The van der Waals surface area contributed by atoms with Crippen molar-refractivity contribution in [1.29, 1.82) is 0 Å². The van der Waals surface area contributed by atoms with Crippen molar-refractivity contribution in [3.8, 4) is 11.3 Å². The molecule has 4 rings (SSSR count). The number of carboxylic acid groups (broad SMARTS) is 1. The molecule has 122 valence electrons. The number of aromatic carboxylic acids is 1. The molecule has 4 aromatic rings. The third-order valence-electron chi connectivity index (χ3n) is 3.80. The van der Waals surface area contributed by atoms with E-state index in [2.05, 4.69) is 10.1 Å². The maximum atomic E-state index is 12.6. The first kappa shape index (κ1) is 15.2. The van der Waals surface area contributed by atoms with Crippen molar-refractivity contribution in [1.82, 2.24) is 14.6 Å². The second-order valence-electron chi connectivity index (χ2n) is 5.32. The fraction of sp³-hybridized carbons (Fsp3) is 0. The average molecular weight is 349 g/mol. The predicted molar refractivity (Wildman–Crippen MR) is 93.1 cm³/mol. The van der Waals surface area contributed by atoms with Gasteiger partial charge in [0, 0.05) is 11.8 Å². The molecule has 0 unspecified atom stereocenters. The number of rotatable bonds is 4. The minimum absolute atomic E-state index is 0.131. The Bertz CT molecular complexity index is 1100. The SMILES string of the molecule is O=C(O)c1cccc(-c2ccnc3c(C(=O)c4cccs4)cnn23)c1. The Hall–Kier alpha value is -3.32. The topological polar surface area (TPSA) is 84.6 Å². The van der Waals surface area contributed by atoms with E-state index in [0.717, 1.165) is 0 Å². The van der Waals surface area contributed by atoms with Crippen molar-refractivity contribution >= 4 is 28.7 Å². The lowest BCUT2D eigenvalue weighted by molar-refractivity contribution is 0.0696. The molecule has 0 bridgehead atoms. The summed E-state index contributed by atoms with van der Waals surface area (Å²) in [5, 5.41) is 15.3. The van der Waals surface area contributed by atoms with Crippen LogP contribution in [0.3, 0.4) is 0 Å². The molecule has 0 amide bonds. The number of carbonyl (C=O) groups is 2. The smallest absolute Gasteiger partial charge is 0.335 e. The Labute approximate surface area is 146 Å². The number of carbonyl (C=O) groups excluding carboxylic acids is 1. The average Bonchev–Trinajstić information content (AvgIpc) is 3.31. The van der Waals surface area contributed by atoms with Crippen LogP contribution in [0, 0.1) is 0 Å². The van der Waals surface area contributed by atoms with E-state index in [9.17, 15) is 14.7 Å². The summed E-state index contributed by atoms with van der Waals surface area (Å²) in [6, 6.07) is 11.9. The molecule has 0 aliphatic rings. The Morgan fingerprint density at radius 1 is 1.12 bits per heavy atom. The maximum Gasteiger partial charge on any atom is 0.335 e. The number of fused-ring (bicyclic) bond motifs is 1. The van der Waals surface area contributed by atoms with E-state index in [1.807, 2.05) is 11.4 Å². The first-order chi connectivity index (χ1) is 12.1. The summed E-state index contributed by atoms with van der Waals surface area (Å²) in [6.07, 6.45) is 3.08. The molecule has 0 saturated carbocycles. The van der Waals surface area contributed by atoms with Gasteiger partial charge in [0.15, 0.2) is 5.65 Å². The molecular weight excluding hydrogens is 338 g/mol. The van der Waals surface area contributed by atoms with E-state index < -0.39 is 5.97 Å². The molecule has 25 heavy (non-hydrogen) atoms. The quantitative estimate of drug-likeness (QED) is 0.571. The van der Waals surface area contributed by atoms with Gasteiger partial charge in [-0.2, -0.15) is 5.10 Å². The first-order valence-electron chi connectivity index (χ1n) is 7.40. The zero-order chi connectivity index (χ0) is 17.4. The molecule has 0 radical (unpaired) electrons. The minimum Gasteiger partial charge on any atom is -0.478 e. The van der Waals surface area contributed by atoms with Crippen LogP contribution in [0.5, 0.6) is 0 Å². The third kappa shape index (κ3) is 2.60. The van der Waals surface area contributed by atoms with Gasteiger partial charge in [-0.05, 0) is 29.6 Å². The normalized spacial score (nSPS) is 10.9.